The van der Waals surface area contributed by atoms with Crippen molar-refractivity contribution >= 4 is 11.7 Å². The molecule has 1 atom stereocenters. The number of rotatable bonds is 5. The molecule has 7 heteroatoms. The Labute approximate surface area is 157 Å². The summed E-state index contributed by atoms with van der Waals surface area (Å²) >= 11 is 0. The van der Waals surface area contributed by atoms with E-state index in [0.29, 0.717) is 38.8 Å². The van der Waals surface area contributed by atoms with Gasteiger partial charge < -0.3 is 24.2 Å². The van der Waals surface area contributed by atoms with Crippen molar-refractivity contribution in [1.29, 1.82) is 0 Å². The second kappa shape index (κ2) is 7.57. The summed E-state index contributed by atoms with van der Waals surface area (Å²) in [6.07, 6.45) is 0.199. The maximum Gasteiger partial charge on any atom is 0.376 e. The number of hydrogen-bond donors (Lipinski definition) is 0. The first-order valence-corrected chi connectivity index (χ1v) is 8.35. The number of esters is 1. The fourth-order valence-electron chi connectivity index (χ4n) is 3.30. The molecule has 7 nitrogen and oxygen atoms in total. The van der Waals surface area contributed by atoms with Gasteiger partial charge in [0.1, 0.15) is 5.75 Å². The number of para-hydroxylation sites is 1. The second-order valence-electron chi connectivity index (χ2n) is 5.98. The Hall–Kier alpha value is -3.22. The van der Waals surface area contributed by atoms with Crippen molar-refractivity contribution in [3.63, 3.8) is 0 Å². The molecule has 0 radical (unpaired) electrons. The Morgan fingerprint density at radius 1 is 0.963 bits per heavy atom. The van der Waals surface area contributed by atoms with Crippen molar-refractivity contribution in [2.45, 2.75) is 12.5 Å². The van der Waals surface area contributed by atoms with Crippen LogP contribution in [0.4, 0.5) is 0 Å². The van der Waals surface area contributed by atoms with Crippen LogP contribution in [0.25, 0.3) is 0 Å². The Morgan fingerprint density at radius 3 is 2.22 bits per heavy atom. The van der Waals surface area contributed by atoms with E-state index in [1.54, 1.807) is 30.3 Å². The Morgan fingerprint density at radius 2 is 1.59 bits per heavy atom. The molecule has 142 valence electrons. The highest BCUT2D eigenvalue weighted by atomic mass is 16.5. The number of fused-ring (bicyclic) bond motifs is 1. The Bertz CT molecular complexity index is 905. The highest BCUT2D eigenvalue weighted by Crippen LogP contribution is 2.36. The third kappa shape index (κ3) is 3.16. The van der Waals surface area contributed by atoms with Gasteiger partial charge in [0, 0.05) is 6.42 Å². The van der Waals surface area contributed by atoms with Gasteiger partial charge in [-0.1, -0.05) is 12.1 Å². The second-order valence-corrected chi connectivity index (χ2v) is 5.98. The van der Waals surface area contributed by atoms with Crippen molar-refractivity contribution in [2.75, 3.05) is 28.4 Å². The lowest BCUT2D eigenvalue weighted by molar-refractivity contribution is -0.490. The van der Waals surface area contributed by atoms with Gasteiger partial charge in [-0.2, -0.15) is 4.74 Å². The van der Waals surface area contributed by atoms with Crippen LogP contribution in [0, 0.1) is 5.21 Å². The van der Waals surface area contributed by atoms with Crippen molar-refractivity contribution in [2.24, 2.45) is 0 Å². The summed E-state index contributed by atoms with van der Waals surface area (Å²) in [4.78, 5) is 12.2. The molecule has 27 heavy (non-hydrogen) atoms. The smallest absolute Gasteiger partial charge is 0.376 e. The van der Waals surface area contributed by atoms with Crippen molar-refractivity contribution < 1.29 is 28.5 Å². The molecule has 2 aromatic rings. The zero-order valence-corrected chi connectivity index (χ0v) is 15.6. The van der Waals surface area contributed by atoms with E-state index in [1.165, 1.54) is 28.4 Å². The number of benzene rings is 2. The van der Waals surface area contributed by atoms with E-state index in [-0.39, 0.29) is 6.42 Å². The van der Waals surface area contributed by atoms with Gasteiger partial charge in [-0.15, -0.1) is 0 Å². The van der Waals surface area contributed by atoms with E-state index in [4.69, 9.17) is 18.9 Å². The zero-order valence-electron chi connectivity index (χ0n) is 15.6. The average Bonchev–Trinajstić information content (AvgIpc) is 2.71. The maximum absolute atomic E-state index is 13.2. The van der Waals surface area contributed by atoms with Crippen LogP contribution in [-0.4, -0.2) is 50.9 Å². The van der Waals surface area contributed by atoms with E-state index < -0.39 is 12.0 Å². The summed E-state index contributed by atoms with van der Waals surface area (Å²) in [5.41, 5.74) is 2.35. The minimum absolute atomic E-state index is 0.199. The summed E-state index contributed by atoms with van der Waals surface area (Å²) in [6, 6.07) is 9.69. The summed E-state index contributed by atoms with van der Waals surface area (Å²) in [6.45, 7) is 0. The SMILES string of the molecule is COC(=O)[C@@H]1Cc2cc(OC)c(OC)cc2C(c2ccccc2OC)=[N+]1[O-]. The van der Waals surface area contributed by atoms with Gasteiger partial charge in [-0.05, 0) is 29.8 Å². The van der Waals surface area contributed by atoms with Gasteiger partial charge in [-0.25, -0.2) is 4.79 Å². The average molecular weight is 371 g/mol. The molecule has 0 saturated heterocycles. The van der Waals surface area contributed by atoms with E-state index in [1.807, 2.05) is 6.07 Å². The number of carbonyl (C=O) groups is 1. The van der Waals surface area contributed by atoms with Crippen molar-refractivity contribution in [1.82, 2.24) is 0 Å². The van der Waals surface area contributed by atoms with Crippen LogP contribution in [-0.2, 0) is 16.0 Å². The molecule has 0 spiro atoms. The molecule has 0 bridgehead atoms. The van der Waals surface area contributed by atoms with Crippen LogP contribution in [0.1, 0.15) is 16.7 Å². The van der Waals surface area contributed by atoms with Gasteiger partial charge in [-0.3, -0.25) is 0 Å². The lowest BCUT2D eigenvalue weighted by Gasteiger charge is -2.26. The predicted octanol–water partition coefficient (Wildman–Crippen LogP) is 2.16. The first-order chi connectivity index (χ1) is 13.0. The molecule has 0 amide bonds. The number of hydrogen-bond acceptors (Lipinski definition) is 6. The fraction of sp³-hybridized carbons (Fsp3) is 0.300. The van der Waals surface area contributed by atoms with Gasteiger partial charge in [0.25, 0.3) is 6.04 Å². The summed E-state index contributed by atoms with van der Waals surface area (Å²) in [7, 11) is 5.87. The number of carbonyl (C=O) groups excluding carboxylic acids is 1. The third-order valence-corrected chi connectivity index (χ3v) is 4.62. The number of hydroxylamine groups is 1. The normalized spacial score (nSPS) is 15.8. The molecule has 0 aromatic heterocycles. The van der Waals surface area contributed by atoms with E-state index in [0.717, 1.165) is 5.56 Å². The van der Waals surface area contributed by atoms with Crippen molar-refractivity contribution in [3.8, 4) is 17.2 Å². The molecule has 0 aliphatic carbocycles. The first kappa shape index (κ1) is 18.6. The van der Waals surface area contributed by atoms with Crippen LogP contribution in [0.2, 0.25) is 0 Å². The van der Waals surface area contributed by atoms with E-state index in [2.05, 4.69) is 0 Å². The molecular formula is C20H21NO6. The van der Waals surface area contributed by atoms with Crippen LogP contribution >= 0.6 is 0 Å². The minimum atomic E-state index is -1.000. The van der Waals surface area contributed by atoms with Crippen LogP contribution in [0.3, 0.4) is 0 Å². The number of ether oxygens (including phenoxy) is 4. The predicted molar refractivity (Wildman–Crippen MR) is 98.9 cm³/mol. The molecular weight excluding hydrogens is 350 g/mol. The first-order valence-electron chi connectivity index (χ1n) is 8.35. The molecule has 0 saturated carbocycles. The monoisotopic (exact) mass is 371 g/mol. The number of nitrogens with zero attached hydrogens (tertiary/aromatic N) is 1. The quantitative estimate of drug-likeness (QED) is 0.455. The highest BCUT2D eigenvalue weighted by molar-refractivity contribution is 6.13. The van der Waals surface area contributed by atoms with Gasteiger partial charge in [0.15, 0.2) is 11.5 Å². The Balaban J connectivity index is 2.31. The fourth-order valence-corrected chi connectivity index (χ4v) is 3.30. The maximum atomic E-state index is 13.2. The topological polar surface area (TPSA) is 80.1 Å². The molecule has 3 rings (SSSR count). The molecule has 1 aliphatic rings. The van der Waals surface area contributed by atoms with E-state index >= 15 is 0 Å². The highest BCUT2D eigenvalue weighted by Gasteiger charge is 2.39. The Kier molecular flexibility index (Phi) is 5.21. The van der Waals surface area contributed by atoms with E-state index in [9.17, 15) is 10.0 Å². The molecule has 1 heterocycles. The summed E-state index contributed by atoms with van der Waals surface area (Å²) in [5, 5.41) is 13.2. The molecule has 2 aromatic carbocycles. The van der Waals surface area contributed by atoms with Crippen molar-refractivity contribution in [3.05, 3.63) is 58.3 Å². The third-order valence-electron chi connectivity index (χ3n) is 4.62. The molecule has 0 unspecified atom stereocenters. The standard InChI is InChI=1S/C20H21NO6/c1-24-16-8-6-5-7-13(16)19-14-11-18(26-3)17(25-2)10-12(14)9-15(21(19)23)20(22)27-4/h5-8,10-11,15H,9H2,1-4H3/t15-/m0/s1. The van der Waals surface area contributed by atoms with Crippen LogP contribution < -0.4 is 14.2 Å². The zero-order chi connectivity index (χ0) is 19.6. The van der Waals surface area contributed by atoms with Gasteiger partial charge in [0.05, 0.1) is 39.6 Å². The minimum Gasteiger partial charge on any atom is -0.623 e. The lowest BCUT2D eigenvalue weighted by Crippen LogP contribution is -2.42. The van der Waals surface area contributed by atoms with Crippen LogP contribution in [0.15, 0.2) is 36.4 Å². The molecule has 1 aliphatic heterocycles. The molecule has 0 N–H and O–H groups in total. The van der Waals surface area contributed by atoms with Gasteiger partial charge in [0.2, 0.25) is 5.71 Å². The summed E-state index contributed by atoms with van der Waals surface area (Å²) in [5.74, 6) is 0.949. The van der Waals surface area contributed by atoms with Gasteiger partial charge >= 0.3 is 5.97 Å². The number of methoxy groups -OCH3 is 4. The molecule has 0 fully saturated rings. The summed E-state index contributed by atoms with van der Waals surface area (Å²) < 4.78 is 21.7. The van der Waals surface area contributed by atoms with Crippen LogP contribution in [0.5, 0.6) is 17.2 Å². The largest absolute Gasteiger partial charge is 0.623 e. The lowest BCUT2D eigenvalue weighted by atomic mass is 9.89.